The van der Waals surface area contributed by atoms with Crippen molar-refractivity contribution in [3.63, 3.8) is 0 Å². The van der Waals surface area contributed by atoms with Crippen LogP contribution < -0.4 is 19.9 Å². The highest BCUT2D eigenvalue weighted by atomic mass is 32.2. The van der Waals surface area contributed by atoms with Crippen molar-refractivity contribution >= 4 is 22.2 Å². The average Bonchev–Trinajstić information content (AvgIpc) is 3.43. The molecule has 2 aliphatic carbocycles. The average molecular weight is 488 g/mol. The lowest BCUT2D eigenvalue weighted by Gasteiger charge is -2.26. The third kappa shape index (κ3) is 4.30. The monoisotopic (exact) mass is 487 g/mol. The Morgan fingerprint density at radius 3 is 2.49 bits per heavy atom. The number of fused-ring (bicyclic) bond motifs is 4. The summed E-state index contributed by atoms with van der Waals surface area (Å²) in [6, 6.07) is 15.3. The molecule has 0 N–H and O–H groups in total. The van der Waals surface area contributed by atoms with Crippen LogP contribution in [0.4, 0.5) is 0 Å². The molecule has 0 amide bonds. The molecule has 0 radical (unpaired) electrons. The Bertz CT molecular complexity index is 1270. The molecule has 2 heterocycles. The maximum absolute atomic E-state index is 6.11. The van der Waals surface area contributed by atoms with Crippen molar-refractivity contribution < 1.29 is 14.2 Å². The first-order valence-corrected chi connectivity index (χ1v) is 13.6. The normalized spacial score (nSPS) is 25.1. The van der Waals surface area contributed by atoms with Crippen LogP contribution >= 0.6 is 11.8 Å². The molecule has 6 rings (SSSR count). The molecule has 2 aromatic rings. The molecule has 3 unspecified atom stereocenters. The van der Waals surface area contributed by atoms with E-state index in [4.69, 9.17) is 14.2 Å². The quantitative estimate of drug-likeness (QED) is 0.580. The van der Waals surface area contributed by atoms with Crippen molar-refractivity contribution in [2.75, 3.05) is 40.5 Å². The van der Waals surface area contributed by atoms with E-state index in [2.05, 4.69) is 65.6 Å². The van der Waals surface area contributed by atoms with E-state index in [-0.39, 0.29) is 0 Å². The van der Waals surface area contributed by atoms with Gasteiger partial charge in [-0.05, 0) is 83.9 Å². The maximum Gasteiger partial charge on any atom is 0.119 e. The van der Waals surface area contributed by atoms with Crippen molar-refractivity contribution in [1.82, 2.24) is 4.90 Å². The first kappa shape index (κ1) is 22.8. The van der Waals surface area contributed by atoms with Gasteiger partial charge >= 0.3 is 0 Å². The zero-order chi connectivity index (χ0) is 23.8. The minimum atomic E-state index is 0.351. The highest BCUT2D eigenvalue weighted by Gasteiger charge is 2.44. The Labute approximate surface area is 211 Å². The van der Waals surface area contributed by atoms with Crippen molar-refractivity contribution in [2.45, 2.75) is 24.5 Å². The summed E-state index contributed by atoms with van der Waals surface area (Å²) < 4.78 is 17.2. The molecule has 35 heavy (non-hydrogen) atoms. The molecular weight excluding hydrogens is 454 g/mol. The summed E-state index contributed by atoms with van der Waals surface area (Å²) in [6.07, 6.45) is 10.8. The molecular formula is C30H33NO3S. The lowest BCUT2D eigenvalue weighted by atomic mass is 9.80. The van der Waals surface area contributed by atoms with Crippen molar-refractivity contribution in [3.05, 3.63) is 82.5 Å². The van der Waals surface area contributed by atoms with Gasteiger partial charge in [0.15, 0.2) is 0 Å². The zero-order valence-electron chi connectivity index (χ0n) is 20.5. The van der Waals surface area contributed by atoms with Crippen LogP contribution in [-0.2, 0) is 4.74 Å². The molecule has 4 aliphatic rings. The minimum absolute atomic E-state index is 0.351. The largest absolute Gasteiger partial charge is 0.497 e. The Morgan fingerprint density at radius 1 is 0.914 bits per heavy atom. The topological polar surface area (TPSA) is 30.9 Å². The van der Waals surface area contributed by atoms with Crippen LogP contribution in [0.25, 0.3) is 10.5 Å². The first-order chi connectivity index (χ1) is 17.2. The van der Waals surface area contributed by atoms with Crippen molar-refractivity contribution in [3.8, 4) is 11.5 Å². The number of piperidine rings is 1. The molecule has 0 spiro atoms. The van der Waals surface area contributed by atoms with Gasteiger partial charge in [-0.1, -0.05) is 30.7 Å². The van der Waals surface area contributed by atoms with Gasteiger partial charge in [0.1, 0.15) is 23.9 Å². The lowest BCUT2D eigenvalue weighted by Crippen LogP contribution is -2.33. The Hall–Kier alpha value is -2.63. The van der Waals surface area contributed by atoms with Crippen LogP contribution in [0.5, 0.6) is 11.5 Å². The number of rotatable bonds is 7. The molecule has 2 saturated heterocycles. The van der Waals surface area contributed by atoms with Crippen LogP contribution in [0.3, 0.4) is 0 Å². The molecule has 2 aliphatic heterocycles. The van der Waals surface area contributed by atoms with Gasteiger partial charge in [-0.25, -0.2) is 0 Å². The third-order valence-corrected chi connectivity index (χ3v) is 9.19. The number of ether oxygens (including phenoxy) is 3. The van der Waals surface area contributed by atoms with Gasteiger partial charge in [0, 0.05) is 28.5 Å². The first-order valence-electron chi connectivity index (χ1n) is 12.7. The molecule has 2 fully saturated rings. The molecule has 0 bridgehead atoms. The fourth-order valence-electron chi connectivity index (χ4n) is 5.94. The van der Waals surface area contributed by atoms with Crippen LogP contribution in [0.1, 0.15) is 24.8 Å². The second kappa shape index (κ2) is 9.79. The summed E-state index contributed by atoms with van der Waals surface area (Å²) in [7, 11) is 3.49. The van der Waals surface area contributed by atoms with E-state index in [1.54, 1.807) is 14.2 Å². The van der Waals surface area contributed by atoms with E-state index in [0.717, 1.165) is 30.4 Å². The van der Waals surface area contributed by atoms with Crippen molar-refractivity contribution in [2.24, 2.45) is 11.8 Å². The predicted molar refractivity (Wildman–Crippen MR) is 143 cm³/mol. The van der Waals surface area contributed by atoms with Gasteiger partial charge in [-0.15, -0.1) is 11.8 Å². The summed E-state index contributed by atoms with van der Waals surface area (Å²) in [5, 5.41) is 3.03. The summed E-state index contributed by atoms with van der Waals surface area (Å²) in [4.78, 5) is 3.97. The summed E-state index contributed by atoms with van der Waals surface area (Å²) >= 11 is 1.98. The fourth-order valence-corrected chi connectivity index (χ4v) is 7.56. The van der Waals surface area contributed by atoms with Gasteiger partial charge in [0.2, 0.25) is 0 Å². The van der Waals surface area contributed by atoms with Crippen LogP contribution in [0.15, 0.2) is 66.5 Å². The molecule has 182 valence electrons. The number of hydrogen-bond donors (Lipinski definition) is 0. The fraction of sp³-hybridized carbons (Fsp3) is 0.400. The number of benzene rings is 2. The smallest absolute Gasteiger partial charge is 0.119 e. The highest BCUT2D eigenvalue weighted by Crippen LogP contribution is 2.55. The van der Waals surface area contributed by atoms with E-state index in [1.165, 1.54) is 58.8 Å². The number of methoxy groups -OCH3 is 2. The lowest BCUT2D eigenvalue weighted by molar-refractivity contribution is 0.183. The van der Waals surface area contributed by atoms with Gasteiger partial charge in [-0.3, -0.25) is 4.90 Å². The standard InChI is InChI=1S/C30H33NO3S/c1-32-22-10-12-24-26(18-22)30-29(25-13-11-23(33-2)19-27(25)35-30)28(24)20-6-8-21(9-7-20)34-17-16-31-14-4-3-5-15-31/h6-13,18-19,25,27,29H,3-5,14-17H2,1-2H3. The molecule has 4 nitrogen and oxygen atoms in total. The predicted octanol–water partition coefficient (Wildman–Crippen LogP) is 4.33. The van der Waals surface area contributed by atoms with Gasteiger partial charge in [0.25, 0.3) is 0 Å². The van der Waals surface area contributed by atoms with E-state index in [9.17, 15) is 0 Å². The Morgan fingerprint density at radius 2 is 1.71 bits per heavy atom. The van der Waals surface area contributed by atoms with Crippen molar-refractivity contribution in [1.29, 1.82) is 0 Å². The molecule has 0 saturated carbocycles. The number of nitrogens with zero attached hydrogens (tertiary/aromatic N) is 1. The third-order valence-electron chi connectivity index (χ3n) is 7.74. The van der Waals surface area contributed by atoms with Gasteiger partial charge in [0.05, 0.1) is 14.2 Å². The SMILES string of the molecule is COC1=CC2SC3=c4cc(OC)ccc4=C(c4ccc(OCCN5CCCCC5)cc4)C3C2C=C1. The van der Waals surface area contributed by atoms with Crippen LogP contribution in [-0.4, -0.2) is 50.6 Å². The summed E-state index contributed by atoms with van der Waals surface area (Å²) in [5.74, 6) is 3.59. The molecule has 2 aromatic carbocycles. The molecule has 0 aromatic heterocycles. The van der Waals surface area contributed by atoms with Crippen LogP contribution in [0.2, 0.25) is 0 Å². The highest BCUT2D eigenvalue weighted by molar-refractivity contribution is 8.09. The Kier molecular flexibility index (Phi) is 6.38. The number of allylic oxidation sites excluding steroid dienone is 2. The van der Waals surface area contributed by atoms with Gasteiger partial charge < -0.3 is 14.2 Å². The second-order valence-electron chi connectivity index (χ2n) is 9.73. The molecule has 3 atom stereocenters. The zero-order valence-corrected chi connectivity index (χ0v) is 21.4. The van der Waals surface area contributed by atoms with E-state index < -0.39 is 0 Å². The second-order valence-corrected chi connectivity index (χ2v) is 11.0. The Balaban J connectivity index is 1.29. The van der Waals surface area contributed by atoms with E-state index in [1.807, 2.05) is 11.8 Å². The van der Waals surface area contributed by atoms with Gasteiger partial charge in [-0.2, -0.15) is 0 Å². The number of likely N-dealkylation sites (tertiary alicyclic amines) is 1. The number of hydrogen-bond acceptors (Lipinski definition) is 5. The molecule has 5 heteroatoms. The maximum atomic E-state index is 6.11. The summed E-state index contributed by atoms with van der Waals surface area (Å²) in [5.41, 5.74) is 2.69. The number of thioether (sulfide) groups is 1. The van der Waals surface area contributed by atoms with E-state index >= 15 is 0 Å². The van der Waals surface area contributed by atoms with E-state index in [0.29, 0.717) is 17.1 Å². The summed E-state index contributed by atoms with van der Waals surface area (Å²) in [6.45, 7) is 4.18. The van der Waals surface area contributed by atoms with Crippen LogP contribution in [0, 0.1) is 11.8 Å². The minimum Gasteiger partial charge on any atom is -0.497 e.